The standard InChI is InChI=1S/C13H21.2CO.Co/c1-12(2,3)10-7-8-11(9-10)13(4,5)6;2*1-2;/h7-9H,1-6H3;;;/q-1;;;. The van der Waals surface area contributed by atoms with Crippen molar-refractivity contribution in [3.05, 3.63) is 42.6 Å². The van der Waals surface area contributed by atoms with Gasteiger partial charge in [0.15, 0.2) is 0 Å². The average Bonchev–Trinajstić information content (AvgIpc) is 2.71. The molecule has 0 saturated carbocycles. The first-order valence-corrected chi connectivity index (χ1v) is 5.40. The van der Waals surface area contributed by atoms with Gasteiger partial charge in [-0.25, -0.2) is 6.07 Å². The summed E-state index contributed by atoms with van der Waals surface area (Å²) in [6.45, 7) is 22.6. The molecule has 0 N–H and O–H groups in total. The monoisotopic (exact) mass is 292 g/mol. The van der Waals surface area contributed by atoms with Gasteiger partial charge in [0.1, 0.15) is 0 Å². The predicted octanol–water partition coefficient (Wildman–Crippen LogP) is 3.92. The van der Waals surface area contributed by atoms with E-state index in [2.05, 4.69) is 73.0 Å². The van der Waals surface area contributed by atoms with Crippen molar-refractivity contribution in [2.45, 2.75) is 52.4 Å². The molecule has 0 spiro atoms. The molecule has 0 heterocycles. The summed E-state index contributed by atoms with van der Waals surface area (Å²) in [5.41, 5.74) is 3.45. The van der Waals surface area contributed by atoms with E-state index in [4.69, 9.17) is 9.30 Å². The topological polar surface area (TPSA) is 39.8 Å². The summed E-state index contributed by atoms with van der Waals surface area (Å²) in [6.07, 6.45) is 0. The Bertz CT molecular complexity index is 325. The van der Waals surface area contributed by atoms with Gasteiger partial charge in [-0.05, 0) is 0 Å². The van der Waals surface area contributed by atoms with Crippen molar-refractivity contribution in [3.63, 3.8) is 0 Å². The first-order valence-electron chi connectivity index (χ1n) is 5.40. The van der Waals surface area contributed by atoms with Crippen molar-refractivity contribution in [2.75, 3.05) is 0 Å². The van der Waals surface area contributed by atoms with Crippen LogP contribution in [0.3, 0.4) is 0 Å². The van der Waals surface area contributed by atoms with Gasteiger partial charge in [-0.1, -0.05) is 52.4 Å². The molecule has 0 bridgehead atoms. The summed E-state index contributed by atoms with van der Waals surface area (Å²) in [4.78, 5) is 0. The molecule has 0 amide bonds. The molecule has 0 aliphatic carbocycles. The van der Waals surface area contributed by atoms with E-state index in [0.717, 1.165) is 0 Å². The maximum Gasteiger partial charge on any atom is 0 e. The summed E-state index contributed by atoms with van der Waals surface area (Å²) >= 11 is 0. The van der Waals surface area contributed by atoms with Crippen molar-refractivity contribution in [1.29, 1.82) is 0 Å². The zero-order valence-electron chi connectivity index (χ0n) is 11.9. The Labute approximate surface area is 121 Å². The second-order valence-electron chi connectivity index (χ2n) is 5.89. The van der Waals surface area contributed by atoms with Gasteiger partial charge in [-0.15, -0.1) is 0 Å². The van der Waals surface area contributed by atoms with E-state index < -0.39 is 0 Å². The maximum absolute atomic E-state index is 7.50. The van der Waals surface area contributed by atoms with E-state index in [-0.39, 0.29) is 27.6 Å². The number of hydrogen-bond acceptors (Lipinski definition) is 0. The van der Waals surface area contributed by atoms with Crippen molar-refractivity contribution < 1.29 is 26.1 Å². The fourth-order valence-electron chi connectivity index (χ4n) is 1.38. The minimum Gasteiger partial charge on any atom is 0 e. The summed E-state index contributed by atoms with van der Waals surface area (Å²) in [7, 11) is 0. The predicted molar refractivity (Wildman–Crippen MR) is 67.3 cm³/mol. The van der Waals surface area contributed by atoms with Gasteiger partial charge in [0.2, 0.25) is 0 Å². The van der Waals surface area contributed by atoms with Crippen LogP contribution in [0.25, 0.3) is 0 Å². The summed E-state index contributed by atoms with van der Waals surface area (Å²) < 4.78 is 15.0. The molecule has 0 aromatic heterocycles. The molecule has 1 aromatic rings. The molecule has 0 atom stereocenters. The normalized spacial score (nSPS) is 9.89. The molecule has 3 heteroatoms. The average molecular weight is 292 g/mol. The van der Waals surface area contributed by atoms with Gasteiger partial charge >= 0.3 is 22.6 Å². The van der Waals surface area contributed by atoms with E-state index in [1.807, 2.05) is 0 Å². The Balaban J connectivity index is -0.000000409. The summed E-state index contributed by atoms with van der Waals surface area (Å²) in [5, 5.41) is 0. The SMILES string of the molecule is CC(C)(C)c1cc[c-](C(C)(C)C)c1.[C-]#[O+].[C-]#[O+].[Co]. The molecule has 2 nitrogen and oxygen atoms in total. The Kier molecular flexibility index (Phi) is 11.6. The van der Waals surface area contributed by atoms with Crippen molar-refractivity contribution in [1.82, 2.24) is 0 Å². The first kappa shape index (κ1) is 22.5. The fraction of sp³-hybridized carbons (Fsp3) is 0.533. The molecule has 0 aliphatic rings. The Hall–Kier alpha value is -0.664. The van der Waals surface area contributed by atoms with Gasteiger partial charge in [0.05, 0.1) is 0 Å². The Morgan fingerprint density at radius 3 is 1.50 bits per heavy atom. The van der Waals surface area contributed by atoms with Crippen molar-refractivity contribution in [3.8, 4) is 0 Å². The molecule has 0 aliphatic heterocycles. The largest absolute Gasteiger partial charge is 0 e. The van der Waals surface area contributed by atoms with Crippen LogP contribution < -0.4 is 0 Å². The third kappa shape index (κ3) is 7.62. The Morgan fingerprint density at radius 1 is 0.944 bits per heavy atom. The van der Waals surface area contributed by atoms with E-state index >= 15 is 0 Å². The molecule has 0 saturated heterocycles. The van der Waals surface area contributed by atoms with Crippen LogP contribution in [0.2, 0.25) is 0 Å². The quantitative estimate of drug-likeness (QED) is 0.513. The molecule has 0 unspecified atom stereocenters. The van der Waals surface area contributed by atoms with E-state index in [0.29, 0.717) is 0 Å². The molecule has 103 valence electrons. The van der Waals surface area contributed by atoms with Gasteiger partial charge in [-0.2, -0.15) is 23.3 Å². The minimum atomic E-state index is 0. The second kappa shape index (κ2) is 9.29. The second-order valence-corrected chi connectivity index (χ2v) is 5.89. The van der Waals surface area contributed by atoms with E-state index in [1.165, 1.54) is 11.1 Å². The smallest absolute Gasteiger partial charge is 0 e. The summed E-state index contributed by atoms with van der Waals surface area (Å²) in [5.74, 6) is 0. The van der Waals surface area contributed by atoms with Crippen LogP contribution in [-0.2, 0) is 36.9 Å². The maximum atomic E-state index is 7.50. The number of hydrogen-bond donors (Lipinski definition) is 0. The first-order chi connectivity index (χ1) is 7.71. The third-order valence-electron chi connectivity index (χ3n) is 2.49. The molecule has 1 rings (SSSR count). The Morgan fingerprint density at radius 2 is 1.33 bits per heavy atom. The van der Waals surface area contributed by atoms with E-state index in [9.17, 15) is 0 Å². The van der Waals surface area contributed by atoms with Crippen molar-refractivity contribution >= 4 is 0 Å². The van der Waals surface area contributed by atoms with Gasteiger partial charge < -0.3 is 0 Å². The molecule has 1 aromatic carbocycles. The zero-order chi connectivity index (χ0) is 14.3. The van der Waals surface area contributed by atoms with E-state index in [1.54, 1.807) is 0 Å². The van der Waals surface area contributed by atoms with Crippen molar-refractivity contribution in [2.24, 2.45) is 0 Å². The zero-order valence-corrected chi connectivity index (χ0v) is 12.9. The van der Waals surface area contributed by atoms with Gasteiger partial charge in [0.25, 0.3) is 0 Å². The number of rotatable bonds is 0. The van der Waals surface area contributed by atoms with Gasteiger partial charge in [0, 0.05) is 16.8 Å². The third-order valence-corrected chi connectivity index (χ3v) is 2.49. The molecular weight excluding hydrogens is 271 g/mol. The van der Waals surface area contributed by atoms with Crippen LogP contribution in [0.15, 0.2) is 18.2 Å². The van der Waals surface area contributed by atoms with Crippen LogP contribution in [0.1, 0.15) is 52.7 Å². The summed E-state index contributed by atoms with van der Waals surface area (Å²) in [6, 6.07) is 6.83. The molecule has 1 radical (unpaired) electrons. The molecule has 18 heavy (non-hydrogen) atoms. The van der Waals surface area contributed by atoms with Crippen LogP contribution in [0.4, 0.5) is 0 Å². The van der Waals surface area contributed by atoms with Crippen LogP contribution in [-0.4, -0.2) is 0 Å². The molecular formula is C15H21CoO2-. The van der Waals surface area contributed by atoms with Crippen LogP contribution in [0, 0.1) is 13.3 Å². The minimum absolute atomic E-state index is 0. The van der Waals surface area contributed by atoms with Crippen LogP contribution in [0.5, 0.6) is 0 Å². The van der Waals surface area contributed by atoms with Gasteiger partial charge in [-0.3, -0.25) is 0 Å². The fourth-order valence-corrected chi connectivity index (χ4v) is 1.38. The van der Waals surface area contributed by atoms with Crippen LogP contribution >= 0.6 is 0 Å². The molecule has 0 fully saturated rings.